The number of fused-ring (bicyclic) bond motifs is 7. The Labute approximate surface area is 324 Å². The number of hydrogen-bond acceptors (Lipinski definition) is 3. The second-order valence-electron chi connectivity index (χ2n) is 14.5. The van der Waals surface area contributed by atoms with Crippen LogP contribution in [0.15, 0.2) is 181 Å². The van der Waals surface area contributed by atoms with E-state index in [1.165, 1.54) is 21.8 Å². The zero-order valence-electron chi connectivity index (χ0n) is 30.8. The largest absolute Gasteiger partial charge is 0.309 e. The number of hydrogen-bond donors (Lipinski definition) is 0. The van der Waals surface area contributed by atoms with Gasteiger partial charge in [0, 0.05) is 44.8 Å². The van der Waals surface area contributed by atoms with E-state index in [-0.39, 0.29) is 0 Å². The molecule has 1 aliphatic carbocycles. The summed E-state index contributed by atoms with van der Waals surface area (Å²) in [7, 11) is 0. The molecule has 10 aromatic rings. The quantitative estimate of drug-likeness (QED) is 0.178. The number of aromatic nitrogens is 4. The number of rotatable bonds is 5. The third kappa shape index (κ3) is 5.13. The van der Waals surface area contributed by atoms with Crippen molar-refractivity contribution in [1.82, 2.24) is 19.1 Å². The predicted molar refractivity (Wildman–Crippen MR) is 233 cm³/mol. The molecule has 3 aromatic heterocycles. The highest BCUT2D eigenvalue weighted by atomic mass is 15.2. The minimum atomic E-state index is 0.628. The molecule has 5 heteroatoms. The number of aliphatic imine (C=N–C) groups is 1. The first kappa shape index (κ1) is 32.1. The van der Waals surface area contributed by atoms with Crippen molar-refractivity contribution in [3.05, 3.63) is 193 Å². The van der Waals surface area contributed by atoms with E-state index in [0.29, 0.717) is 12.4 Å². The first-order valence-electron chi connectivity index (χ1n) is 19.1. The minimum absolute atomic E-state index is 0.628. The normalized spacial score (nSPS) is 13.3. The second-order valence-corrected chi connectivity index (χ2v) is 14.5. The van der Waals surface area contributed by atoms with Crippen molar-refractivity contribution in [1.29, 1.82) is 0 Å². The molecule has 0 saturated heterocycles. The van der Waals surface area contributed by atoms with E-state index < -0.39 is 0 Å². The van der Waals surface area contributed by atoms with Crippen LogP contribution < -0.4 is 0 Å². The molecule has 11 rings (SSSR count). The van der Waals surface area contributed by atoms with E-state index in [9.17, 15) is 0 Å². The highest BCUT2D eigenvalue weighted by Crippen LogP contribution is 2.40. The van der Waals surface area contributed by atoms with E-state index in [0.717, 1.165) is 78.1 Å². The van der Waals surface area contributed by atoms with Crippen LogP contribution >= 0.6 is 0 Å². The van der Waals surface area contributed by atoms with E-state index in [2.05, 4.69) is 186 Å². The molecule has 0 fully saturated rings. The highest BCUT2D eigenvalue weighted by Gasteiger charge is 2.26. The lowest BCUT2D eigenvalue weighted by Crippen LogP contribution is -2.14. The van der Waals surface area contributed by atoms with Crippen LogP contribution in [0.2, 0.25) is 0 Å². The summed E-state index contributed by atoms with van der Waals surface area (Å²) in [5.74, 6) is 0.628. The molecule has 1 aliphatic rings. The molecule has 264 valence electrons. The molecule has 0 N–H and O–H groups in total. The lowest BCUT2D eigenvalue weighted by atomic mass is 9.97. The smallest absolute Gasteiger partial charge is 0.235 e. The maximum atomic E-state index is 5.37. The molecule has 0 unspecified atom stereocenters. The van der Waals surface area contributed by atoms with Gasteiger partial charge >= 0.3 is 0 Å². The van der Waals surface area contributed by atoms with Crippen molar-refractivity contribution in [2.45, 2.75) is 13.3 Å². The Morgan fingerprint density at radius 3 is 2.05 bits per heavy atom. The Hall–Kier alpha value is -7.37. The molecule has 0 spiro atoms. The summed E-state index contributed by atoms with van der Waals surface area (Å²) in [4.78, 5) is 16.0. The summed E-state index contributed by atoms with van der Waals surface area (Å²) in [6.45, 7) is 2.12. The third-order valence-corrected chi connectivity index (χ3v) is 11.1. The van der Waals surface area contributed by atoms with Gasteiger partial charge in [0.1, 0.15) is 0 Å². The average molecular weight is 718 g/mol. The zero-order chi connectivity index (χ0) is 37.2. The molecule has 7 aromatic carbocycles. The van der Waals surface area contributed by atoms with Gasteiger partial charge in [0.25, 0.3) is 0 Å². The summed E-state index contributed by atoms with van der Waals surface area (Å²) in [5.41, 5.74) is 15.0. The lowest BCUT2D eigenvalue weighted by Gasteiger charge is -2.16. The molecule has 0 saturated carbocycles. The Kier molecular flexibility index (Phi) is 7.39. The maximum Gasteiger partial charge on any atom is 0.235 e. The lowest BCUT2D eigenvalue weighted by molar-refractivity contribution is 0.967. The fourth-order valence-corrected chi connectivity index (χ4v) is 8.46. The first-order valence-corrected chi connectivity index (χ1v) is 19.1. The molecular weight excluding hydrogens is 683 g/mol. The Bertz CT molecular complexity index is 3220. The highest BCUT2D eigenvalue weighted by molar-refractivity contribution is 6.14. The van der Waals surface area contributed by atoms with E-state index in [4.69, 9.17) is 15.0 Å². The van der Waals surface area contributed by atoms with Gasteiger partial charge in [0.05, 0.1) is 44.9 Å². The number of benzene rings is 7. The van der Waals surface area contributed by atoms with Crippen LogP contribution in [0, 0.1) is 6.92 Å². The van der Waals surface area contributed by atoms with Gasteiger partial charge in [-0.25, -0.2) is 9.97 Å². The molecule has 3 heterocycles. The summed E-state index contributed by atoms with van der Waals surface area (Å²) >= 11 is 0. The van der Waals surface area contributed by atoms with Crippen LogP contribution in [0.1, 0.15) is 23.2 Å². The Morgan fingerprint density at radius 2 is 1.20 bits per heavy atom. The van der Waals surface area contributed by atoms with Crippen LogP contribution in [-0.4, -0.2) is 24.8 Å². The average Bonchev–Trinajstić information content (AvgIpc) is 3.77. The van der Waals surface area contributed by atoms with Crippen molar-refractivity contribution >= 4 is 61.1 Å². The van der Waals surface area contributed by atoms with Gasteiger partial charge in [-0.2, -0.15) is 0 Å². The molecular formula is C51H35N5. The summed E-state index contributed by atoms with van der Waals surface area (Å²) < 4.78 is 4.62. The Morgan fingerprint density at radius 1 is 0.518 bits per heavy atom. The van der Waals surface area contributed by atoms with E-state index in [1.807, 2.05) is 12.1 Å². The molecule has 5 nitrogen and oxygen atoms in total. The van der Waals surface area contributed by atoms with Crippen LogP contribution in [-0.2, 0) is 0 Å². The van der Waals surface area contributed by atoms with Crippen LogP contribution in [0.25, 0.3) is 83.7 Å². The first-order chi connectivity index (χ1) is 27.7. The summed E-state index contributed by atoms with van der Waals surface area (Å²) in [6, 6.07) is 60.0. The number of para-hydroxylation sites is 4. The number of aryl methyl sites for hydroxylation is 1. The van der Waals surface area contributed by atoms with Gasteiger partial charge < -0.3 is 4.57 Å². The van der Waals surface area contributed by atoms with Crippen molar-refractivity contribution in [3.8, 4) is 34.0 Å². The predicted octanol–water partition coefficient (Wildman–Crippen LogP) is 12.9. The second kappa shape index (κ2) is 12.9. The topological polar surface area (TPSA) is 48.0 Å². The standard InChI is InChI=1S/C51H35N5/c1-33-15-8-11-23-43(33)52-45-25-14-22-40-42-31-35(36-27-29-39-38-20-10-13-26-46(38)55(48(39)32-36)37-18-6-3-7-19-37)28-30-47(42)56(50(40)45)51-53-44-24-12-9-21-41(44)49(54-51)34-16-4-2-5-17-34/h2-24,26-32H,25H2,1H3. The molecule has 0 atom stereocenters. The van der Waals surface area contributed by atoms with Gasteiger partial charge in [-0.15, -0.1) is 0 Å². The van der Waals surface area contributed by atoms with Gasteiger partial charge in [0.2, 0.25) is 5.95 Å². The van der Waals surface area contributed by atoms with Crippen molar-refractivity contribution in [2.24, 2.45) is 4.99 Å². The van der Waals surface area contributed by atoms with Gasteiger partial charge in [-0.1, -0.05) is 133 Å². The monoisotopic (exact) mass is 717 g/mol. The Balaban J connectivity index is 1.17. The number of allylic oxidation sites excluding steroid dienone is 1. The fraction of sp³-hybridized carbons (Fsp3) is 0.0392. The van der Waals surface area contributed by atoms with E-state index >= 15 is 0 Å². The van der Waals surface area contributed by atoms with E-state index in [1.54, 1.807) is 0 Å². The zero-order valence-corrected chi connectivity index (χ0v) is 30.8. The van der Waals surface area contributed by atoms with Gasteiger partial charge in [-0.3, -0.25) is 9.56 Å². The van der Waals surface area contributed by atoms with Crippen LogP contribution in [0.3, 0.4) is 0 Å². The molecule has 0 bridgehead atoms. The molecule has 0 radical (unpaired) electrons. The summed E-state index contributed by atoms with van der Waals surface area (Å²) in [5, 5.41) is 4.63. The number of nitrogens with zero attached hydrogens (tertiary/aromatic N) is 5. The van der Waals surface area contributed by atoms with Crippen LogP contribution in [0.4, 0.5) is 5.69 Å². The minimum Gasteiger partial charge on any atom is -0.309 e. The van der Waals surface area contributed by atoms with Crippen molar-refractivity contribution < 1.29 is 0 Å². The van der Waals surface area contributed by atoms with Gasteiger partial charge in [0.15, 0.2) is 0 Å². The summed E-state index contributed by atoms with van der Waals surface area (Å²) in [6.07, 6.45) is 5.19. The van der Waals surface area contributed by atoms with Gasteiger partial charge in [-0.05, 0) is 72.1 Å². The fourth-order valence-electron chi connectivity index (χ4n) is 8.46. The third-order valence-electron chi connectivity index (χ3n) is 11.1. The van der Waals surface area contributed by atoms with Crippen molar-refractivity contribution in [2.75, 3.05) is 0 Å². The molecule has 0 amide bonds. The van der Waals surface area contributed by atoms with Crippen LogP contribution in [0.5, 0.6) is 0 Å². The van der Waals surface area contributed by atoms with Crippen molar-refractivity contribution in [3.63, 3.8) is 0 Å². The maximum absolute atomic E-state index is 5.37. The molecule has 0 aliphatic heterocycles. The molecule has 56 heavy (non-hydrogen) atoms. The SMILES string of the molecule is Cc1ccccc1N=C1CC=Cc2c1n(-c1nc(-c3ccccc3)c3ccccc3n1)c1ccc(-c3ccc4c5ccccc5n(-c5ccccc5)c4c3)cc21.